The highest BCUT2D eigenvalue weighted by molar-refractivity contribution is 7.17. The number of anilines is 1. The average Bonchev–Trinajstić information content (AvgIpc) is 3.16. The van der Waals surface area contributed by atoms with E-state index >= 15 is 0 Å². The van der Waals surface area contributed by atoms with Crippen LogP contribution in [0, 0.1) is 0 Å². The molecule has 6 nitrogen and oxygen atoms in total. The molecule has 0 aliphatic rings. The van der Waals surface area contributed by atoms with Crippen molar-refractivity contribution in [2.24, 2.45) is 0 Å². The van der Waals surface area contributed by atoms with Crippen molar-refractivity contribution in [3.63, 3.8) is 0 Å². The van der Waals surface area contributed by atoms with Gasteiger partial charge >= 0.3 is 0 Å². The number of hydrogen-bond acceptors (Lipinski definition) is 5. The second-order valence-corrected chi connectivity index (χ2v) is 7.54. The van der Waals surface area contributed by atoms with E-state index in [9.17, 15) is 9.59 Å². The van der Waals surface area contributed by atoms with Crippen molar-refractivity contribution < 1.29 is 9.53 Å². The Labute approximate surface area is 175 Å². The summed E-state index contributed by atoms with van der Waals surface area (Å²) in [7, 11) is 1.52. The Balaban J connectivity index is 1.61. The fraction of sp³-hybridized carbons (Fsp3) is 0.0952. The predicted molar refractivity (Wildman–Crippen MR) is 116 cm³/mol. The van der Waals surface area contributed by atoms with E-state index in [2.05, 4.69) is 10.3 Å². The maximum atomic E-state index is 13.0. The zero-order chi connectivity index (χ0) is 20.4. The van der Waals surface area contributed by atoms with E-state index in [1.165, 1.54) is 29.3 Å². The molecule has 8 heteroatoms. The van der Waals surface area contributed by atoms with Gasteiger partial charge in [-0.1, -0.05) is 41.9 Å². The second kappa shape index (κ2) is 8.06. The van der Waals surface area contributed by atoms with Crippen LogP contribution in [0.4, 0.5) is 5.69 Å². The van der Waals surface area contributed by atoms with E-state index in [1.807, 2.05) is 35.7 Å². The SMILES string of the molecule is COc1ccc(NC(=O)Cn2cnc3scc(-c4ccccc4)c3c2=O)cc1Cl. The normalized spacial score (nSPS) is 10.8. The van der Waals surface area contributed by atoms with Crippen molar-refractivity contribution in [3.8, 4) is 16.9 Å². The Kier molecular flexibility index (Phi) is 5.33. The van der Waals surface area contributed by atoms with Crippen LogP contribution in [-0.4, -0.2) is 22.6 Å². The van der Waals surface area contributed by atoms with E-state index in [-0.39, 0.29) is 18.0 Å². The maximum Gasteiger partial charge on any atom is 0.263 e. The lowest BCUT2D eigenvalue weighted by molar-refractivity contribution is -0.116. The molecule has 0 saturated heterocycles. The second-order valence-electron chi connectivity index (χ2n) is 6.27. The van der Waals surface area contributed by atoms with Crippen LogP contribution in [0.15, 0.2) is 65.0 Å². The number of aromatic nitrogens is 2. The fourth-order valence-corrected chi connectivity index (χ4v) is 4.17. The number of methoxy groups -OCH3 is 1. The number of hydrogen-bond donors (Lipinski definition) is 1. The predicted octanol–water partition coefficient (Wildman–Crippen LogP) is 4.43. The zero-order valence-electron chi connectivity index (χ0n) is 15.4. The van der Waals surface area contributed by atoms with Crippen LogP contribution in [0.3, 0.4) is 0 Å². The minimum Gasteiger partial charge on any atom is -0.495 e. The van der Waals surface area contributed by atoms with Gasteiger partial charge in [0.25, 0.3) is 5.56 Å². The van der Waals surface area contributed by atoms with Crippen molar-refractivity contribution >= 4 is 44.7 Å². The molecular weight excluding hydrogens is 410 g/mol. The number of nitrogens with zero attached hydrogens (tertiary/aromatic N) is 2. The van der Waals surface area contributed by atoms with Gasteiger partial charge in [0.15, 0.2) is 0 Å². The van der Waals surface area contributed by atoms with Gasteiger partial charge in [0.2, 0.25) is 5.91 Å². The van der Waals surface area contributed by atoms with E-state index in [1.54, 1.807) is 18.2 Å². The Bertz CT molecular complexity index is 1250. The summed E-state index contributed by atoms with van der Waals surface area (Å²) in [5, 5.41) is 5.55. The minimum absolute atomic E-state index is 0.157. The molecule has 0 unspecified atom stereocenters. The van der Waals surface area contributed by atoms with Crippen molar-refractivity contribution in [1.82, 2.24) is 9.55 Å². The summed E-state index contributed by atoms with van der Waals surface area (Å²) in [6.07, 6.45) is 1.40. The zero-order valence-corrected chi connectivity index (χ0v) is 17.0. The van der Waals surface area contributed by atoms with Gasteiger partial charge in [-0.3, -0.25) is 14.2 Å². The van der Waals surface area contributed by atoms with Crippen LogP contribution in [0.25, 0.3) is 21.3 Å². The third kappa shape index (κ3) is 3.87. The quantitative estimate of drug-likeness (QED) is 0.513. The van der Waals surface area contributed by atoms with Crippen molar-refractivity contribution in [2.75, 3.05) is 12.4 Å². The molecule has 146 valence electrons. The molecule has 0 saturated carbocycles. The molecule has 2 aromatic heterocycles. The maximum absolute atomic E-state index is 13.0. The van der Waals surface area contributed by atoms with E-state index in [0.29, 0.717) is 26.7 Å². The molecule has 2 heterocycles. The first-order valence-corrected chi connectivity index (χ1v) is 9.98. The summed E-state index contributed by atoms with van der Waals surface area (Å²) in [5.74, 6) is 0.160. The first-order valence-electron chi connectivity index (χ1n) is 8.72. The lowest BCUT2D eigenvalue weighted by atomic mass is 10.1. The molecule has 0 radical (unpaired) electrons. The summed E-state index contributed by atoms with van der Waals surface area (Å²) in [6.45, 7) is -0.157. The first-order chi connectivity index (χ1) is 14.1. The molecule has 2 aromatic carbocycles. The summed E-state index contributed by atoms with van der Waals surface area (Å²) in [4.78, 5) is 30.5. The minimum atomic E-state index is -0.356. The Morgan fingerprint density at radius 2 is 2.03 bits per heavy atom. The number of amides is 1. The average molecular weight is 426 g/mol. The first kappa shape index (κ1) is 19.2. The van der Waals surface area contributed by atoms with E-state index in [4.69, 9.17) is 16.3 Å². The van der Waals surface area contributed by atoms with Crippen molar-refractivity contribution in [2.45, 2.75) is 6.54 Å². The van der Waals surface area contributed by atoms with Crippen LogP contribution < -0.4 is 15.6 Å². The van der Waals surface area contributed by atoms with Gasteiger partial charge in [0.05, 0.1) is 23.8 Å². The third-order valence-electron chi connectivity index (χ3n) is 4.40. The molecule has 1 amide bonds. The van der Waals surface area contributed by atoms with E-state index in [0.717, 1.165) is 11.1 Å². The molecule has 4 aromatic rings. The molecule has 29 heavy (non-hydrogen) atoms. The highest BCUT2D eigenvalue weighted by Gasteiger charge is 2.15. The summed E-state index contributed by atoms with van der Waals surface area (Å²) >= 11 is 7.49. The van der Waals surface area contributed by atoms with Crippen LogP contribution >= 0.6 is 22.9 Å². The summed E-state index contributed by atoms with van der Waals surface area (Å²) in [5.41, 5.74) is 2.02. The molecule has 1 N–H and O–H groups in total. The van der Waals surface area contributed by atoms with Gasteiger partial charge in [0, 0.05) is 16.6 Å². The highest BCUT2D eigenvalue weighted by Crippen LogP contribution is 2.30. The molecule has 0 bridgehead atoms. The Morgan fingerprint density at radius 3 is 2.76 bits per heavy atom. The monoisotopic (exact) mass is 425 g/mol. The van der Waals surface area contributed by atoms with Crippen LogP contribution in [0.1, 0.15) is 0 Å². The number of carbonyl (C=O) groups is 1. The van der Waals surface area contributed by atoms with Gasteiger partial charge in [-0.25, -0.2) is 4.98 Å². The number of carbonyl (C=O) groups excluding carboxylic acids is 1. The summed E-state index contributed by atoms with van der Waals surface area (Å²) < 4.78 is 6.41. The number of thiophene rings is 1. The lowest BCUT2D eigenvalue weighted by Gasteiger charge is -2.09. The van der Waals surface area contributed by atoms with Gasteiger partial charge in [-0.15, -0.1) is 11.3 Å². The third-order valence-corrected chi connectivity index (χ3v) is 5.58. The van der Waals surface area contributed by atoms with Crippen molar-refractivity contribution in [1.29, 1.82) is 0 Å². The lowest BCUT2D eigenvalue weighted by Crippen LogP contribution is -2.27. The van der Waals surface area contributed by atoms with E-state index < -0.39 is 0 Å². The van der Waals surface area contributed by atoms with Crippen LogP contribution in [-0.2, 0) is 11.3 Å². The molecule has 0 spiro atoms. The number of ether oxygens (including phenoxy) is 1. The smallest absolute Gasteiger partial charge is 0.263 e. The topological polar surface area (TPSA) is 73.2 Å². The Hall–Kier alpha value is -3.16. The number of halogens is 1. The number of fused-ring (bicyclic) bond motifs is 1. The number of nitrogens with one attached hydrogen (secondary N) is 1. The van der Waals surface area contributed by atoms with Gasteiger partial charge in [-0.2, -0.15) is 0 Å². The van der Waals surface area contributed by atoms with Crippen molar-refractivity contribution in [3.05, 3.63) is 75.6 Å². The van der Waals surface area contributed by atoms with Gasteiger partial charge in [-0.05, 0) is 23.8 Å². The highest BCUT2D eigenvalue weighted by atomic mass is 35.5. The Morgan fingerprint density at radius 1 is 1.24 bits per heavy atom. The molecular formula is C21H16ClN3O3S. The molecule has 4 rings (SSSR count). The van der Waals surface area contributed by atoms with Gasteiger partial charge in [0.1, 0.15) is 17.1 Å². The van der Waals surface area contributed by atoms with Gasteiger partial charge < -0.3 is 10.1 Å². The molecule has 0 fully saturated rings. The van der Waals surface area contributed by atoms with Crippen LogP contribution in [0.5, 0.6) is 5.75 Å². The fourth-order valence-electron chi connectivity index (χ4n) is 3.01. The molecule has 0 aliphatic carbocycles. The molecule has 0 atom stereocenters. The standard InChI is InChI=1S/C21H16ClN3O3S/c1-28-17-8-7-14(9-16(17)22)24-18(26)10-25-12-23-20-19(21(25)27)15(11-29-20)13-5-3-2-4-6-13/h2-9,11-12H,10H2,1H3,(H,24,26). The summed E-state index contributed by atoms with van der Waals surface area (Å²) in [6, 6.07) is 14.6. The molecule has 0 aliphatic heterocycles. The van der Waals surface area contributed by atoms with Crippen LogP contribution in [0.2, 0.25) is 5.02 Å². The number of benzene rings is 2. The largest absolute Gasteiger partial charge is 0.495 e. The number of rotatable bonds is 5.